The number of rotatable bonds is 6. The number of aromatic nitrogens is 3. The minimum Gasteiger partial charge on any atom is -0.357 e. The van der Waals surface area contributed by atoms with Crippen molar-refractivity contribution in [1.82, 2.24) is 30.3 Å². The van der Waals surface area contributed by atoms with Crippen LogP contribution in [0.4, 0.5) is 0 Å². The van der Waals surface area contributed by atoms with Gasteiger partial charge in [-0.1, -0.05) is 19.3 Å². The van der Waals surface area contributed by atoms with Crippen LogP contribution in [-0.4, -0.2) is 63.9 Å². The summed E-state index contributed by atoms with van der Waals surface area (Å²) >= 11 is 0. The molecule has 1 atom stereocenters. The Balaban J connectivity index is 1.29. The number of hydrogen-bond donors (Lipinski definition) is 2. The van der Waals surface area contributed by atoms with E-state index in [4.69, 9.17) is 4.99 Å². The smallest absolute Gasteiger partial charge is 0.191 e. The van der Waals surface area contributed by atoms with Crippen LogP contribution in [0.5, 0.6) is 0 Å². The van der Waals surface area contributed by atoms with Gasteiger partial charge < -0.3 is 15.2 Å². The first-order valence-corrected chi connectivity index (χ1v) is 11.5. The molecule has 1 aromatic rings. The number of nitrogens with zero attached hydrogens (tertiary/aromatic N) is 5. The molecular weight excluding hydrogens is 350 g/mol. The number of guanidine groups is 1. The zero-order valence-electron chi connectivity index (χ0n) is 17.5. The highest BCUT2D eigenvalue weighted by atomic mass is 15.3. The molecule has 1 unspecified atom stereocenters. The molecule has 7 nitrogen and oxygen atoms in total. The largest absolute Gasteiger partial charge is 0.357 e. The molecular formula is C21H37N7. The fourth-order valence-corrected chi connectivity index (χ4v) is 5.02. The maximum atomic E-state index is 4.84. The van der Waals surface area contributed by atoms with E-state index in [2.05, 4.69) is 37.2 Å². The lowest BCUT2D eigenvalue weighted by Crippen LogP contribution is -2.45. The Hall–Kier alpha value is -1.63. The van der Waals surface area contributed by atoms with Gasteiger partial charge >= 0.3 is 0 Å². The number of fused-ring (bicyclic) bond motifs is 1. The van der Waals surface area contributed by atoms with E-state index in [1.165, 1.54) is 63.7 Å². The van der Waals surface area contributed by atoms with Crippen LogP contribution < -0.4 is 10.6 Å². The molecule has 2 N–H and O–H groups in total. The molecule has 1 aromatic heterocycles. The van der Waals surface area contributed by atoms with Gasteiger partial charge in [-0.05, 0) is 39.0 Å². The van der Waals surface area contributed by atoms with Gasteiger partial charge in [0.05, 0.1) is 0 Å². The lowest BCUT2D eigenvalue weighted by atomic mass is 10.2. The molecule has 3 heterocycles. The van der Waals surface area contributed by atoms with Crippen molar-refractivity contribution in [2.75, 3.05) is 26.2 Å². The molecule has 4 rings (SSSR count). The third kappa shape index (κ3) is 4.85. The van der Waals surface area contributed by atoms with E-state index in [1.54, 1.807) is 0 Å². The maximum Gasteiger partial charge on any atom is 0.191 e. The van der Waals surface area contributed by atoms with Crippen molar-refractivity contribution in [3.05, 3.63) is 11.6 Å². The summed E-state index contributed by atoms with van der Waals surface area (Å²) in [4.78, 5) is 7.54. The first-order chi connectivity index (χ1) is 13.8. The van der Waals surface area contributed by atoms with Crippen LogP contribution in [-0.2, 0) is 19.4 Å². The summed E-state index contributed by atoms with van der Waals surface area (Å²) in [7, 11) is 0. The van der Waals surface area contributed by atoms with Crippen molar-refractivity contribution >= 4 is 5.96 Å². The van der Waals surface area contributed by atoms with Gasteiger partial charge in [0.15, 0.2) is 5.96 Å². The number of nitrogens with one attached hydrogen (secondary N) is 2. The zero-order chi connectivity index (χ0) is 19.2. The highest BCUT2D eigenvalue weighted by Crippen LogP contribution is 2.26. The van der Waals surface area contributed by atoms with E-state index in [0.717, 1.165) is 56.8 Å². The maximum absolute atomic E-state index is 4.84. The first-order valence-electron chi connectivity index (χ1n) is 11.5. The van der Waals surface area contributed by atoms with Gasteiger partial charge in [-0.15, -0.1) is 10.2 Å². The molecule has 0 spiro atoms. The van der Waals surface area contributed by atoms with Crippen LogP contribution >= 0.6 is 0 Å². The summed E-state index contributed by atoms with van der Waals surface area (Å²) in [5, 5.41) is 15.9. The molecule has 2 fully saturated rings. The van der Waals surface area contributed by atoms with Crippen molar-refractivity contribution in [2.24, 2.45) is 4.99 Å². The lowest BCUT2D eigenvalue weighted by Gasteiger charge is -2.24. The average Bonchev–Trinajstić information content (AvgIpc) is 3.42. The number of likely N-dealkylation sites (tertiary alicyclic amines) is 1. The van der Waals surface area contributed by atoms with Gasteiger partial charge in [0.2, 0.25) is 0 Å². The minimum atomic E-state index is 0.516. The van der Waals surface area contributed by atoms with Crippen LogP contribution in [0, 0.1) is 0 Å². The lowest BCUT2D eigenvalue weighted by molar-refractivity contribution is 0.242. The molecule has 3 aliphatic rings. The molecule has 0 radical (unpaired) electrons. The highest BCUT2D eigenvalue weighted by molar-refractivity contribution is 5.80. The van der Waals surface area contributed by atoms with E-state index < -0.39 is 0 Å². The highest BCUT2D eigenvalue weighted by Gasteiger charge is 2.30. The van der Waals surface area contributed by atoms with Gasteiger partial charge in [-0.2, -0.15) is 0 Å². The third-order valence-electron chi connectivity index (χ3n) is 6.54. The van der Waals surface area contributed by atoms with Gasteiger partial charge in [-0.3, -0.25) is 9.89 Å². The molecule has 2 aliphatic heterocycles. The summed E-state index contributed by atoms with van der Waals surface area (Å²) in [6, 6.07) is 1.34. The summed E-state index contributed by atoms with van der Waals surface area (Å²) < 4.78 is 2.33. The van der Waals surface area contributed by atoms with Crippen LogP contribution in [0.2, 0.25) is 0 Å². The standard InChI is InChI=1S/C21H37N7/c1-2-22-21(24-17-12-15-27(16-17)18-8-5-6-9-18)23-13-11-20-26-25-19-10-4-3-7-14-28(19)20/h17-18H,2-16H2,1H3,(H2,22,23,24). The van der Waals surface area contributed by atoms with E-state index >= 15 is 0 Å². The Morgan fingerprint density at radius 1 is 1.07 bits per heavy atom. The molecule has 156 valence electrons. The van der Waals surface area contributed by atoms with Crippen LogP contribution in [0.3, 0.4) is 0 Å². The van der Waals surface area contributed by atoms with E-state index in [0.29, 0.717) is 6.04 Å². The minimum absolute atomic E-state index is 0.516. The first kappa shape index (κ1) is 19.7. The fourth-order valence-electron chi connectivity index (χ4n) is 5.02. The van der Waals surface area contributed by atoms with E-state index in [-0.39, 0.29) is 0 Å². The van der Waals surface area contributed by atoms with Crippen LogP contribution in [0.1, 0.15) is 69.9 Å². The molecule has 1 saturated carbocycles. The van der Waals surface area contributed by atoms with Crippen molar-refractivity contribution in [1.29, 1.82) is 0 Å². The van der Waals surface area contributed by atoms with E-state index in [9.17, 15) is 0 Å². The Labute approximate surface area is 169 Å². The van der Waals surface area contributed by atoms with Gasteiger partial charge in [0.1, 0.15) is 11.6 Å². The second-order valence-electron chi connectivity index (χ2n) is 8.57. The third-order valence-corrected chi connectivity index (χ3v) is 6.54. The van der Waals surface area contributed by atoms with Crippen molar-refractivity contribution in [3.8, 4) is 0 Å². The monoisotopic (exact) mass is 387 g/mol. The van der Waals surface area contributed by atoms with Crippen LogP contribution in [0.15, 0.2) is 4.99 Å². The van der Waals surface area contributed by atoms with Crippen molar-refractivity contribution < 1.29 is 0 Å². The SMILES string of the molecule is CCNC(=NCCc1nnc2n1CCCCC2)NC1CCN(C2CCCC2)C1. The summed E-state index contributed by atoms with van der Waals surface area (Å²) in [5.74, 6) is 3.22. The van der Waals surface area contributed by atoms with Crippen LogP contribution in [0.25, 0.3) is 0 Å². The van der Waals surface area contributed by atoms with E-state index in [1.807, 2.05) is 0 Å². The quantitative estimate of drug-likeness (QED) is 0.578. The Morgan fingerprint density at radius 2 is 1.96 bits per heavy atom. The number of hydrogen-bond acceptors (Lipinski definition) is 4. The summed E-state index contributed by atoms with van der Waals surface area (Å²) in [6.45, 7) is 7.24. The second-order valence-corrected chi connectivity index (χ2v) is 8.57. The second kappa shape index (κ2) is 9.72. The zero-order valence-corrected chi connectivity index (χ0v) is 17.5. The normalized spacial score (nSPS) is 24.3. The summed E-state index contributed by atoms with van der Waals surface area (Å²) in [5.41, 5.74) is 0. The Bertz CT molecular complexity index is 647. The van der Waals surface area contributed by atoms with Gasteiger partial charge in [0, 0.05) is 57.6 Å². The summed E-state index contributed by atoms with van der Waals surface area (Å²) in [6.07, 6.45) is 12.5. The number of aliphatic imine (C=N–C) groups is 1. The Morgan fingerprint density at radius 3 is 2.82 bits per heavy atom. The molecule has 1 saturated heterocycles. The number of aryl methyl sites for hydroxylation is 1. The van der Waals surface area contributed by atoms with Crippen molar-refractivity contribution in [3.63, 3.8) is 0 Å². The fraction of sp³-hybridized carbons (Fsp3) is 0.857. The molecule has 0 bridgehead atoms. The topological polar surface area (TPSA) is 70.4 Å². The molecule has 1 aliphatic carbocycles. The van der Waals surface area contributed by atoms with Gasteiger partial charge in [0.25, 0.3) is 0 Å². The molecule has 7 heteroatoms. The molecule has 0 amide bonds. The van der Waals surface area contributed by atoms with Gasteiger partial charge in [-0.25, -0.2) is 0 Å². The average molecular weight is 388 g/mol. The predicted octanol–water partition coefficient (Wildman–Crippen LogP) is 2.12. The van der Waals surface area contributed by atoms with Crippen molar-refractivity contribution in [2.45, 2.75) is 89.8 Å². The predicted molar refractivity (Wildman–Crippen MR) is 113 cm³/mol. The Kier molecular flexibility index (Phi) is 6.83. The molecule has 0 aromatic carbocycles. The molecule has 28 heavy (non-hydrogen) atoms.